The van der Waals surface area contributed by atoms with Crippen LogP contribution in [0.1, 0.15) is 37.3 Å². The molecule has 0 aliphatic carbocycles. The fourth-order valence-electron chi connectivity index (χ4n) is 3.59. The zero-order valence-electron chi connectivity index (χ0n) is 13.8. The van der Waals surface area contributed by atoms with Gasteiger partial charge in [-0.3, -0.25) is 4.79 Å². The Hall–Kier alpha value is -2.15. The number of carbonyl (C=O) groups is 1. The molecular formula is C18H20FN3O2S. The van der Waals surface area contributed by atoms with E-state index >= 15 is 0 Å². The molecular weight excluding hydrogens is 341 g/mol. The van der Waals surface area contributed by atoms with Crippen LogP contribution in [0, 0.1) is 5.82 Å². The number of halogens is 1. The Bertz CT molecular complexity index is 753. The fraction of sp³-hybridized carbons (Fsp3) is 0.444. The minimum Gasteiger partial charge on any atom is -0.493 e. The topological polar surface area (TPSA) is 54.5 Å². The third kappa shape index (κ3) is 3.33. The second-order valence-electron chi connectivity index (χ2n) is 6.40. The second kappa shape index (κ2) is 7.00. The molecule has 2 aliphatic heterocycles. The molecule has 0 bridgehead atoms. The molecule has 1 N–H and O–H groups in total. The van der Waals surface area contributed by atoms with Crippen LogP contribution in [0.15, 0.2) is 29.8 Å². The summed E-state index contributed by atoms with van der Waals surface area (Å²) in [6.45, 7) is 1.42. The highest BCUT2D eigenvalue weighted by Gasteiger charge is 2.34. The Kier molecular flexibility index (Phi) is 4.57. The van der Waals surface area contributed by atoms with Crippen LogP contribution >= 0.6 is 11.3 Å². The van der Waals surface area contributed by atoms with Gasteiger partial charge in [-0.15, -0.1) is 11.3 Å². The van der Waals surface area contributed by atoms with Gasteiger partial charge in [-0.2, -0.15) is 0 Å². The van der Waals surface area contributed by atoms with Crippen LogP contribution in [0.3, 0.4) is 0 Å². The minimum atomic E-state index is -0.311. The van der Waals surface area contributed by atoms with Crippen LogP contribution < -0.4 is 15.0 Å². The van der Waals surface area contributed by atoms with Crippen molar-refractivity contribution in [1.82, 2.24) is 10.3 Å². The number of ether oxygens (including phenoxy) is 1. The van der Waals surface area contributed by atoms with E-state index in [1.54, 1.807) is 23.6 Å². The average Bonchev–Trinajstić information content (AvgIpc) is 3.26. The summed E-state index contributed by atoms with van der Waals surface area (Å²) in [4.78, 5) is 19.3. The molecule has 1 fully saturated rings. The van der Waals surface area contributed by atoms with E-state index < -0.39 is 0 Å². The van der Waals surface area contributed by atoms with Crippen molar-refractivity contribution in [3.8, 4) is 5.75 Å². The molecule has 1 aromatic carbocycles. The van der Waals surface area contributed by atoms with Crippen molar-refractivity contribution in [2.75, 3.05) is 18.1 Å². The van der Waals surface area contributed by atoms with Gasteiger partial charge in [0.2, 0.25) is 5.91 Å². The molecule has 1 aromatic heterocycles. The van der Waals surface area contributed by atoms with Crippen LogP contribution in [0.25, 0.3) is 0 Å². The van der Waals surface area contributed by atoms with E-state index in [2.05, 4.69) is 15.2 Å². The van der Waals surface area contributed by atoms with Crippen molar-refractivity contribution in [1.29, 1.82) is 0 Å². The number of hydrogen-bond acceptors (Lipinski definition) is 5. The number of amides is 1. The number of fused-ring (bicyclic) bond motifs is 1. The van der Waals surface area contributed by atoms with Crippen LogP contribution in [0.5, 0.6) is 5.75 Å². The van der Waals surface area contributed by atoms with Crippen molar-refractivity contribution in [2.24, 2.45) is 0 Å². The molecule has 2 aromatic rings. The molecule has 0 spiro atoms. The number of anilines is 1. The standard InChI is InChI=1S/C18H20FN3O2S/c19-12-5-6-16-13(11-12)14(3-2-9-24-16)21-17(23)15-4-1-8-22(15)18-20-7-10-25-18/h5-7,10-11,14-15H,1-4,8-9H2,(H,21,23)/t14-,15-/m0/s1. The molecule has 1 saturated heterocycles. The van der Waals surface area contributed by atoms with Crippen molar-refractivity contribution in [3.05, 3.63) is 41.2 Å². The Morgan fingerprint density at radius 3 is 3.12 bits per heavy atom. The van der Waals surface area contributed by atoms with Crippen molar-refractivity contribution < 1.29 is 13.9 Å². The van der Waals surface area contributed by atoms with Gasteiger partial charge in [0.15, 0.2) is 5.13 Å². The van der Waals surface area contributed by atoms with Crippen molar-refractivity contribution in [2.45, 2.75) is 37.8 Å². The molecule has 0 saturated carbocycles. The molecule has 2 atom stereocenters. The lowest BCUT2D eigenvalue weighted by Crippen LogP contribution is -2.44. The maximum atomic E-state index is 13.7. The minimum absolute atomic E-state index is 0.0187. The number of nitrogens with zero attached hydrogens (tertiary/aromatic N) is 2. The number of rotatable bonds is 3. The van der Waals surface area contributed by atoms with Gasteiger partial charge in [0.25, 0.3) is 0 Å². The second-order valence-corrected chi connectivity index (χ2v) is 7.27. The number of thiazole rings is 1. The summed E-state index contributed by atoms with van der Waals surface area (Å²) >= 11 is 1.55. The monoisotopic (exact) mass is 361 g/mol. The first-order valence-corrected chi connectivity index (χ1v) is 9.49. The maximum absolute atomic E-state index is 13.7. The van der Waals surface area contributed by atoms with Gasteiger partial charge in [0.1, 0.15) is 17.6 Å². The van der Waals surface area contributed by atoms with E-state index in [1.807, 2.05) is 5.38 Å². The summed E-state index contributed by atoms with van der Waals surface area (Å²) in [6.07, 6.45) is 5.10. The molecule has 2 aliphatic rings. The summed E-state index contributed by atoms with van der Waals surface area (Å²) in [5, 5.41) is 5.93. The van der Waals surface area contributed by atoms with Gasteiger partial charge in [0.05, 0.1) is 12.6 Å². The van der Waals surface area contributed by atoms with Gasteiger partial charge >= 0.3 is 0 Å². The van der Waals surface area contributed by atoms with E-state index in [0.717, 1.165) is 42.9 Å². The van der Waals surface area contributed by atoms with Crippen LogP contribution in [-0.2, 0) is 4.79 Å². The van der Waals surface area contributed by atoms with Crippen LogP contribution in [0.2, 0.25) is 0 Å². The van der Waals surface area contributed by atoms with Gasteiger partial charge in [0, 0.05) is 23.7 Å². The molecule has 0 radical (unpaired) electrons. The quantitative estimate of drug-likeness (QED) is 0.912. The Morgan fingerprint density at radius 2 is 2.28 bits per heavy atom. The maximum Gasteiger partial charge on any atom is 0.243 e. The number of aromatic nitrogens is 1. The van der Waals surface area contributed by atoms with Gasteiger partial charge in [-0.05, 0) is 43.9 Å². The lowest BCUT2D eigenvalue weighted by Gasteiger charge is -2.26. The molecule has 3 heterocycles. The average molecular weight is 361 g/mol. The van der Waals surface area contributed by atoms with E-state index in [-0.39, 0.29) is 23.8 Å². The predicted octanol–water partition coefficient (Wildman–Crippen LogP) is 3.28. The lowest BCUT2D eigenvalue weighted by atomic mass is 10.0. The summed E-state index contributed by atoms with van der Waals surface area (Å²) in [6, 6.07) is 4.07. The number of nitrogens with one attached hydrogen (secondary N) is 1. The van der Waals surface area contributed by atoms with Crippen LogP contribution in [-0.4, -0.2) is 30.1 Å². The van der Waals surface area contributed by atoms with Gasteiger partial charge < -0.3 is 15.0 Å². The molecule has 1 amide bonds. The molecule has 7 heteroatoms. The van der Waals surface area contributed by atoms with E-state index in [4.69, 9.17) is 4.74 Å². The number of benzene rings is 1. The third-order valence-corrected chi connectivity index (χ3v) is 5.59. The number of hydrogen-bond donors (Lipinski definition) is 1. The zero-order chi connectivity index (χ0) is 17.2. The summed E-state index contributed by atoms with van der Waals surface area (Å²) in [5.74, 6) is 0.330. The van der Waals surface area contributed by atoms with Gasteiger partial charge in [-0.25, -0.2) is 9.37 Å². The lowest BCUT2D eigenvalue weighted by molar-refractivity contribution is -0.123. The van der Waals surface area contributed by atoms with Crippen molar-refractivity contribution >= 4 is 22.4 Å². The van der Waals surface area contributed by atoms with E-state index in [1.165, 1.54) is 12.1 Å². The Labute approximate surface area is 149 Å². The highest BCUT2D eigenvalue weighted by molar-refractivity contribution is 7.13. The van der Waals surface area contributed by atoms with Crippen LogP contribution in [0.4, 0.5) is 9.52 Å². The first kappa shape index (κ1) is 16.3. The van der Waals surface area contributed by atoms with E-state index in [9.17, 15) is 9.18 Å². The zero-order valence-corrected chi connectivity index (χ0v) is 14.6. The largest absolute Gasteiger partial charge is 0.493 e. The third-order valence-electron chi connectivity index (χ3n) is 4.78. The predicted molar refractivity (Wildman–Crippen MR) is 94.5 cm³/mol. The van der Waals surface area contributed by atoms with E-state index in [0.29, 0.717) is 12.4 Å². The number of carbonyl (C=O) groups excluding carboxylic acids is 1. The molecule has 4 rings (SSSR count). The normalized spacial score (nSPS) is 22.8. The molecule has 0 unspecified atom stereocenters. The summed E-state index contributed by atoms with van der Waals surface area (Å²) in [5.41, 5.74) is 0.727. The Balaban J connectivity index is 1.53. The molecule has 5 nitrogen and oxygen atoms in total. The fourth-order valence-corrected chi connectivity index (χ4v) is 4.31. The smallest absolute Gasteiger partial charge is 0.243 e. The van der Waals surface area contributed by atoms with Crippen molar-refractivity contribution in [3.63, 3.8) is 0 Å². The summed E-state index contributed by atoms with van der Waals surface area (Å²) < 4.78 is 19.4. The highest BCUT2D eigenvalue weighted by Crippen LogP contribution is 2.33. The first-order chi connectivity index (χ1) is 12.2. The molecule has 25 heavy (non-hydrogen) atoms. The first-order valence-electron chi connectivity index (χ1n) is 8.61. The highest BCUT2D eigenvalue weighted by atomic mass is 32.1. The summed E-state index contributed by atoms with van der Waals surface area (Å²) in [7, 11) is 0. The molecule has 132 valence electrons. The SMILES string of the molecule is O=C(N[C@H]1CCCOc2ccc(F)cc21)[C@@H]1CCCN1c1nccs1. The Morgan fingerprint density at radius 1 is 1.36 bits per heavy atom. The van der Waals surface area contributed by atoms with Gasteiger partial charge in [-0.1, -0.05) is 0 Å².